The summed E-state index contributed by atoms with van der Waals surface area (Å²) >= 11 is 3.05. The Labute approximate surface area is 120 Å². The molecule has 4 atom stereocenters. The predicted molar refractivity (Wildman–Crippen MR) is 68.8 cm³/mol. The van der Waals surface area contributed by atoms with E-state index in [1.807, 2.05) is 13.8 Å². The lowest BCUT2D eigenvalue weighted by molar-refractivity contribution is -0.172. The van der Waals surface area contributed by atoms with Crippen molar-refractivity contribution >= 4 is 27.9 Å². The number of esters is 2. The Balaban J connectivity index is 1.84. The second kappa shape index (κ2) is 4.19. The summed E-state index contributed by atoms with van der Waals surface area (Å²) in [5.41, 5.74) is -1.28. The lowest BCUT2D eigenvalue weighted by atomic mass is 9.75. The van der Waals surface area contributed by atoms with Gasteiger partial charge in [0.2, 0.25) is 5.60 Å². The maximum absolute atomic E-state index is 12.1. The van der Waals surface area contributed by atoms with Crippen LogP contribution in [-0.2, 0) is 23.8 Å². The molecule has 3 aliphatic rings. The molecular weight excluding hydrogens is 316 g/mol. The normalized spacial score (nSPS) is 42.7. The van der Waals surface area contributed by atoms with Crippen molar-refractivity contribution in [1.29, 1.82) is 0 Å². The van der Waals surface area contributed by atoms with Gasteiger partial charge in [-0.05, 0) is 26.2 Å². The topological polar surface area (TPSA) is 61.8 Å². The van der Waals surface area contributed by atoms with Crippen molar-refractivity contribution in [2.75, 3.05) is 5.33 Å². The number of carbonyl (C=O) groups is 2. The van der Waals surface area contributed by atoms with Crippen molar-refractivity contribution in [1.82, 2.24) is 0 Å². The summed E-state index contributed by atoms with van der Waals surface area (Å²) in [5, 5.41) is 0.0861. The molecule has 3 fully saturated rings. The molecule has 2 heterocycles. The summed E-state index contributed by atoms with van der Waals surface area (Å²) in [6.07, 6.45) is 1.45. The second-order valence-corrected chi connectivity index (χ2v) is 6.82. The minimum Gasteiger partial charge on any atom is -0.456 e. The van der Waals surface area contributed by atoms with Gasteiger partial charge in [0.25, 0.3) is 0 Å². The lowest BCUT2D eigenvalue weighted by Gasteiger charge is -2.33. The van der Waals surface area contributed by atoms with Crippen molar-refractivity contribution in [2.45, 2.75) is 56.5 Å². The Morgan fingerprint density at radius 1 is 1.42 bits per heavy atom. The van der Waals surface area contributed by atoms with Crippen LogP contribution in [0.5, 0.6) is 0 Å². The first kappa shape index (κ1) is 13.4. The van der Waals surface area contributed by atoms with Gasteiger partial charge in [0, 0.05) is 12.8 Å². The number of alkyl halides is 1. The van der Waals surface area contributed by atoms with E-state index in [1.54, 1.807) is 0 Å². The first-order valence-electron chi connectivity index (χ1n) is 6.52. The van der Waals surface area contributed by atoms with Gasteiger partial charge in [-0.2, -0.15) is 0 Å². The van der Waals surface area contributed by atoms with Gasteiger partial charge in [-0.1, -0.05) is 15.9 Å². The second-order valence-electron chi connectivity index (χ2n) is 6.26. The van der Waals surface area contributed by atoms with Crippen LogP contribution in [0.2, 0.25) is 0 Å². The third kappa shape index (κ3) is 2.09. The summed E-state index contributed by atoms with van der Waals surface area (Å²) in [5.74, 6) is -0.625. The highest BCUT2D eigenvalue weighted by Gasteiger charge is 2.64. The van der Waals surface area contributed by atoms with Gasteiger partial charge in [0.1, 0.15) is 11.4 Å². The summed E-state index contributed by atoms with van der Waals surface area (Å²) in [6.45, 7) is 4.08. The van der Waals surface area contributed by atoms with Crippen molar-refractivity contribution in [2.24, 2.45) is 5.92 Å². The van der Waals surface area contributed by atoms with E-state index in [1.165, 1.54) is 0 Å². The van der Waals surface area contributed by atoms with Crippen molar-refractivity contribution < 1.29 is 23.8 Å². The quantitative estimate of drug-likeness (QED) is 0.567. The first-order chi connectivity index (χ1) is 8.85. The minimum atomic E-state index is -1.08. The third-order valence-corrected chi connectivity index (χ3v) is 4.67. The zero-order chi connectivity index (χ0) is 13.8. The molecule has 106 valence electrons. The summed E-state index contributed by atoms with van der Waals surface area (Å²) in [7, 11) is 0. The van der Waals surface area contributed by atoms with E-state index in [4.69, 9.17) is 14.2 Å². The molecular formula is C13H17BrO5. The third-order valence-electron chi connectivity index (χ3n) is 4.21. The van der Waals surface area contributed by atoms with Gasteiger partial charge in [-0.15, -0.1) is 0 Å². The maximum Gasteiger partial charge on any atom is 0.351 e. The molecule has 0 aromatic rings. The number of rotatable bonds is 2. The Bertz CT molecular complexity index is 435. The van der Waals surface area contributed by atoms with Gasteiger partial charge in [0.05, 0.1) is 11.7 Å². The van der Waals surface area contributed by atoms with Gasteiger partial charge in [-0.3, -0.25) is 4.79 Å². The number of carbonyl (C=O) groups excluding carboxylic acids is 2. The van der Waals surface area contributed by atoms with Crippen molar-refractivity contribution in [3.8, 4) is 0 Å². The van der Waals surface area contributed by atoms with Crippen LogP contribution in [0.15, 0.2) is 0 Å². The van der Waals surface area contributed by atoms with Gasteiger partial charge < -0.3 is 14.2 Å². The molecule has 5 nitrogen and oxygen atoms in total. The molecule has 3 rings (SSSR count). The summed E-state index contributed by atoms with van der Waals surface area (Å²) in [4.78, 5) is 23.6. The van der Waals surface area contributed by atoms with Gasteiger partial charge >= 0.3 is 11.9 Å². The van der Waals surface area contributed by atoms with E-state index >= 15 is 0 Å². The molecule has 1 saturated carbocycles. The van der Waals surface area contributed by atoms with E-state index in [0.29, 0.717) is 12.8 Å². The van der Waals surface area contributed by atoms with E-state index < -0.39 is 17.5 Å². The molecule has 1 aliphatic carbocycles. The smallest absolute Gasteiger partial charge is 0.351 e. The maximum atomic E-state index is 12.1. The van der Waals surface area contributed by atoms with Crippen LogP contribution in [0.4, 0.5) is 0 Å². The highest BCUT2D eigenvalue weighted by molar-refractivity contribution is 9.09. The van der Waals surface area contributed by atoms with Crippen LogP contribution in [-0.4, -0.2) is 40.7 Å². The van der Waals surface area contributed by atoms with Crippen LogP contribution in [0, 0.1) is 5.92 Å². The van der Waals surface area contributed by atoms with Crippen molar-refractivity contribution in [3.05, 3.63) is 0 Å². The van der Waals surface area contributed by atoms with E-state index in [9.17, 15) is 9.59 Å². The van der Waals surface area contributed by atoms with E-state index in [-0.39, 0.29) is 29.1 Å². The van der Waals surface area contributed by atoms with Crippen LogP contribution in [0.1, 0.15) is 33.1 Å². The number of fused-ring (bicyclic) bond motifs is 4. The highest BCUT2D eigenvalue weighted by atomic mass is 79.9. The Hall–Kier alpha value is -0.620. The number of hydrogen-bond acceptors (Lipinski definition) is 5. The number of halogens is 1. The molecule has 0 N–H and O–H groups in total. The van der Waals surface area contributed by atoms with Crippen LogP contribution < -0.4 is 0 Å². The largest absolute Gasteiger partial charge is 0.456 e. The van der Waals surface area contributed by atoms with Crippen LogP contribution >= 0.6 is 15.9 Å². The average Bonchev–Trinajstić information content (AvgIpc) is 2.75. The summed E-state index contributed by atoms with van der Waals surface area (Å²) in [6, 6.07) is 0. The molecule has 2 saturated heterocycles. The molecule has 0 spiro atoms. The predicted octanol–water partition coefficient (Wildman–Crippen LogP) is 1.57. The Morgan fingerprint density at radius 2 is 2.16 bits per heavy atom. The van der Waals surface area contributed by atoms with Gasteiger partial charge in [0.15, 0.2) is 0 Å². The fourth-order valence-corrected chi connectivity index (χ4v) is 3.78. The molecule has 6 heteroatoms. The summed E-state index contributed by atoms with van der Waals surface area (Å²) < 4.78 is 16.8. The van der Waals surface area contributed by atoms with Crippen LogP contribution in [0.25, 0.3) is 0 Å². The number of ether oxygens (including phenoxy) is 3. The fourth-order valence-electron chi connectivity index (χ4n) is 3.67. The SMILES string of the molecule is CC1(C)C[C@@H]2C[C@]3(OC(=O)CBr)C[C@@H](OC3=O)[C@@H]2O1. The molecule has 2 aliphatic heterocycles. The Kier molecular flexibility index (Phi) is 2.94. The molecule has 0 amide bonds. The van der Waals surface area contributed by atoms with Crippen molar-refractivity contribution in [3.63, 3.8) is 0 Å². The lowest BCUT2D eigenvalue weighted by Crippen LogP contribution is -2.47. The molecule has 19 heavy (non-hydrogen) atoms. The van der Waals surface area contributed by atoms with E-state index in [0.717, 1.165) is 6.42 Å². The molecule has 2 bridgehead atoms. The minimum absolute atomic E-state index is 0.0581. The Morgan fingerprint density at radius 3 is 2.84 bits per heavy atom. The standard InChI is InChI=1S/C13H17BrO5/c1-12(2)3-7-4-13(18-9(15)6-14)5-8(10(7)19-12)17-11(13)16/h7-8,10H,3-6H2,1-2H3/t7-,8-,10-,13+/m1/s1. The zero-order valence-corrected chi connectivity index (χ0v) is 12.6. The monoisotopic (exact) mass is 332 g/mol. The molecule has 0 unspecified atom stereocenters. The number of hydrogen-bond donors (Lipinski definition) is 0. The zero-order valence-electron chi connectivity index (χ0n) is 11.0. The fraction of sp³-hybridized carbons (Fsp3) is 0.846. The first-order valence-corrected chi connectivity index (χ1v) is 7.64. The van der Waals surface area contributed by atoms with Gasteiger partial charge in [-0.25, -0.2) is 4.79 Å². The molecule has 0 aromatic heterocycles. The van der Waals surface area contributed by atoms with Crippen LogP contribution in [0.3, 0.4) is 0 Å². The van der Waals surface area contributed by atoms with E-state index in [2.05, 4.69) is 15.9 Å². The molecule has 0 radical (unpaired) electrons. The molecule has 0 aromatic carbocycles. The average molecular weight is 333 g/mol. The highest BCUT2D eigenvalue weighted by Crippen LogP contribution is 2.51.